The van der Waals surface area contributed by atoms with Crippen molar-refractivity contribution in [2.24, 2.45) is 0 Å². The van der Waals surface area contributed by atoms with Crippen molar-refractivity contribution in [1.82, 2.24) is 25.2 Å². The fourth-order valence-corrected chi connectivity index (χ4v) is 3.86. The SMILES string of the molecule is Cc1ccc2cc([C@@H](c3nnnn3C(C)(C)C)[NH+]3CCOCC3)c(=O)[nH]c2c1. The predicted molar refractivity (Wildman–Crippen MR) is 105 cm³/mol. The van der Waals surface area contributed by atoms with Crippen LogP contribution in [0.25, 0.3) is 10.9 Å². The fourth-order valence-electron chi connectivity index (χ4n) is 3.86. The normalized spacial score (nSPS) is 17.1. The summed E-state index contributed by atoms with van der Waals surface area (Å²) in [7, 11) is 0. The molecule has 1 atom stereocenters. The number of benzene rings is 1. The number of nitrogens with zero attached hydrogens (tertiary/aromatic N) is 4. The summed E-state index contributed by atoms with van der Waals surface area (Å²) in [6, 6.07) is 7.83. The molecule has 8 nitrogen and oxygen atoms in total. The van der Waals surface area contributed by atoms with E-state index in [1.54, 1.807) is 0 Å². The predicted octanol–water partition coefficient (Wildman–Crippen LogP) is 0.583. The number of quaternary nitrogens is 1. The molecule has 0 amide bonds. The quantitative estimate of drug-likeness (QED) is 0.691. The molecule has 148 valence electrons. The van der Waals surface area contributed by atoms with Gasteiger partial charge in [0.05, 0.1) is 24.3 Å². The molecule has 1 aliphatic heterocycles. The van der Waals surface area contributed by atoms with Crippen molar-refractivity contribution in [3.05, 3.63) is 51.6 Å². The summed E-state index contributed by atoms with van der Waals surface area (Å²) in [5.41, 5.74) is 2.27. The Morgan fingerprint density at radius 1 is 1.21 bits per heavy atom. The summed E-state index contributed by atoms with van der Waals surface area (Å²) in [6.07, 6.45) is 0. The Kier molecular flexibility index (Phi) is 4.76. The minimum atomic E-state index is -0.288. The second-order valence-electron chi connectivity index (χ2n) is 8.47. The van der Waals surface area contributed by atoms with Gasteiger partial charge in [0.25, 0.3) is 5.56 Å². The number of aryl methyl sites for hydroxylation is 1. The molecule has 28 heavy (non-hydrogen) atoms. The van der Waals surface area contributed by atoms with Gasteiger partial charge in [0.1, 0.15) is 13.1 Å². The van der Waals surface area contributed by atoms with Gasteiger partial charge in [-0.3, -0.25) is 4.79 Å². The Hall–Kier alpha value is -2.58. The summed E-state index contributed by atoms with van der Waals surface area (Å²) in [6.45, 7) is 11.1. The van der Waals surface area contributed by atoms with E-state index in [2.05, 4.69) is 47.3 Å². The molecule has 3 heterocycles. The van der Waals surface area contributed by atoms with Crippen molar-refractivity contribution >= 4 is 10.9 Å². The first-order valence-corrected chi connectivity index (χ1v) is 9.69. The topological polar surface area (TPSA) is 90.1 Å². The number of tetrazole rings is 1. The van der Waals surface area contributed by atoms with E-state index in [1.165, 1.54) is 4.90 Å². The second-order valence-corrected chi connectivity index (χ2v) is 8.47. The molecule has 4 rings (SSSR count). The molecule has 2 N–H and O–H groups in total. The average Bonchev–Trinajstić information content (AvgIpc) is 3.13. The molecule has 1 aliphatic rings. The van der Waals surface area contributed by atoms with Gasteiger partial charge < -0.3 is 14.6 Å². The lowest BCUT2D eigenvalue weighted by Crippen LogP contribution is -3.14. The Labute approximate surface area is 163 Å². The van der Waals surface area contributed by atoms with Crippen LogP contribution in [0.4, 0.5) is 0 Å². The number of pyridine rings is 1. The lowest BCUT2D eigenvalue weighted by Gasteiger charge is -2.32. The van der Waals surface area contributed by atoms with E-state index in [4.69, 9.17) is 4.74 Å². The molecule has 0 aliphatic carbocycles. The van der Waals surface area contributed by atoms with Crippen LogP contribution in [0.5, 0.6) is 0 Å². The highest BCUT2D eigenvalue weighted by Gasteiger charge is 2.37. The average molecular weight is 383 g/mol. The molecule has 1 fully saturated rings. The number of hydrogen-bond donors (Lipinski definition) is 2. The Morgan fingerprint density at radius 3 is 2.68 bits per heavy atom. The highest BCUT2D eigenvalue weighted by Crippen LogP contribution is 2.22. The Bertz CT molecular complexity index is 1040. The maximum atomic E-state index is 13.1. The number of fused-ring (bicyclic) bond motifs is 1. The first kappa shape index (κ1) is 18.8. The largest absolute Gasteiger partial charge is 0.370 e. The zero-order chi connectivity index (χ0) is 19.9. The van der Waals surface area contributed by atoms with E-state index in [0.29, 0.717) is 24.6 Å². The van der Waals surface area contributed by atoms with Gasteiger partial charge in [-0.15, -0.1) is 5.10 Å². The van der Waals surface area contributed by atoms with Crippen LogP contribution in [0.15, 0.2) is 29.1 Å². The van der Waals surface area contributed by atoms with Crippen LogP contribution in [0.2, 0.25) is 0 Å². The summed E-state index contributed by atoms with van der Waals surface area (Å²) in [5.74, 6) is 0.710. The van der Waals surface area contributed by atoms with Crippen molar-refractivity contribution in [1.29, 1.82) is 0 Å². The summed E-state index contributed by atoms with van der Waals surface area (Å²) < 4.78 is 7.38. The van der Waals surface area contributed by atoms with Crippen LogP contribution in [0, 0.1) is 6.92 Å². The van der Waals surface area contributed by atoms with Crippen LogP contribution in [0.3, 0.4) is 0 Å². The van der Waals surface area contributed by atoms with Crippen molar-refractivity contribution in [3.63, 3.8) is 0 Å². The number of hydrogen-bond acceptors (Lipinski definition) is 5. The molecule has 3 aromatic rings. The van der Waals surface area contributed by atoms with Crippen LogP contribution >= 0.6 is 0 Å². The smallest absolute Gasteiger partial charge is 0.258 e. The third kappa shape index (κ3) is 3.45. The standard InChI is InChI=1S/C20H26N6O2/c1-13-5-6-14-12-15(19(27)21-16(14)11-13)17(25-7-9-28-10-8-25)18-22-23-24-26(18)20(2,3)4/h5-6,11-12,17H,7-10H2,1-4H3,(H,21,27)/p+1/t17-/m0/s1. The Morgan fingerprint density at radius 2 is 1.96 bits per heavy atom. The summed E-state index contributed by atoms with van der Waals surface area (Å²) in [4.78, 5) is 17.4. The number of morpholine rings is 1. The number of H-pyrrole nitrogens is 1. The first-order valence-electron chi connectivity index (χ1n) is 9.69. The van der Waals surface area contributed by atoms with E-state index in [-0.39, 0.29) is 17.1 Å². The lowest BCUT2D eigenvalue weighted by molar-refractivity contribution is -0.934. The number of ether oxygens (including phenoxy) is 1. The molecule has 0 saturated carbocycles. The van der Waals surface area contributed by atoms with Crippen LogP contribution < -0.4 is 10.5 Å². The second kappa shape index (κ2) is 7.10. The third-order valence-corrected chi connectivity index (χ3v) is 5.27. The highest BCUT2D eigenvalue weighted by molar-refractivity contribution is 5.79. The molecule has 2 aromatic heterocycles. The minimum absolute atomic E-state index is 0.0921. The minimum Gasteiger partial charge on any atom is -0.370 e. The molecule has 1 saturated heterocycles. The Balaban J connectivity index is 1.90. The van der Waals surface area contributed by atoms with Gasteiger partial charge in [0.15, 0.2) is 6.04 Å². The fraction of sp³-hybridized carbons (Fsp3) is 0.500. The van der Waals surface area contributed by atoms with E-state index in [9.17, 15) is 4.79 Å². The zero-order valence-corrected chi connectivity index (χ0v) is 16.8. The molecule has 0 unspecified atom stereocenters. The van der Waals surface area contributed by atoms with Crippen molar-refractivity contribution < 1.29 is 9.64 Å². The van der Waals surface area contributed by atoms with Crippen LogP contribution in [0.1, 0.15) is 43.8 Å². The van der Waals surface area contributed by atoms with Gasteiger partial charge in [-0.1, -0.05) is 12.1 Å². The monoisotopic (exact) mass is 383 g/mol. The number of aromatic amines is 1. The maximum Gasteiger partial charge on any atom is 0.258 e. The number of aromatic nitrogens is 5. The molecule has 1 aromatic carbocycles. The molecule has 0 spiro atoms. The molecule has 0 radical (unpaired) electrons. The van der Waals surface area contributed by atoms with Gasteiger partial charge >= 0.3 is 0 Å². The molecular weight excluding hydrogens is 356 g/mol. The van der Waals surface area contributed by atoms with Gasteiger partial charge in [-0.25, -0.2) is 4.68 Å². The number of nitrogens with one attached hydrogen (secondary N) is 2. The van der Waals surface area contributed by atoms with Crippen molar-refractivity contribution in [3.8, 4) is 0 Å². The van der Waals surface area contributed by atoms with Gasteiger partial charge in [-0.05, 0) is 61.2 Å². The van der Waals surface area contributed by atoms with Crippen molar-refractivity contribution in [2.75, 3.05) is 26.3 Å². The van der Waals surface area contributed by atoms with E-state index >= 15 is 0 Å². The maximum absolute atomic E-state index is 13.1. The van der Waals surface area contributed by atoms with E-state index < -0.39 is 0 Å². The zero-order valence-electron chi connectivity index (χ0n) is 16.8. The molecule has 0 bridgehead atoms. The van der Waals surface area contributed by atoms with Gasteiger partial charge in [0.2, 0.25) is 5.82 Å². The highest BCUT2D eigenvalue weighted by atomic mass is 16.5. The summed E-state index contributed by atoms with van der Waals surface area (Å²) >= 11 is 0. The first-order chi connectivity index (χ1) is 13.3. The van der Waals surface area contributed by atoms with E-state index in [0.717, 1.165) is 29.6 Å². The van der Waals surface area contributed by atoms with Gasteiger partial charge in [-0.2, -0.15) is 0 Å². The van der Waals surface area contributed by atoms with Crippen LogP contribution in [-0.4, -0.2) is 51.5 Å². The lowest BCUT2D eigenvalue weighted by atomic mass is 10.0. The molecule has 8 heteroatoms. The van der Waals surface area contributed by atoms with Crippen LogP contribution in [-0.2, 0) is 10.3 Å². The van der Waals surface area contributed by atoms with Gasteiger partial charge in [0, 0.05) is 5.52 Å². The molecular formula is C20H27N6O2+. The summed E-state index contributed by atoms with van der Waals surface area (Å²) in [5, 5.41) is 13.5. The third-order valence-electron chi connectivity index (χ3n) is 5.27. The number of rotatable bonds is 3. The van der Waals surface area contributed by atoms with Crippen molar-refractivity contribution in [2.45, 2.75) is 39.3 Å². The van der Waals surface area contributed by atoms with E-state index in [1.807, 2.05) is 29.8 Å².